The van der Waals surface area contributed by atoms with E-state index in [1.165, 1.54) is 0 Å². The number of anilines is 1. The number of methoxy groups -OCH3 is 1. The molecule has 0 amide bonds. The van der Waals surface area contributed by atoms with Crippen molar-refractivity contribution in [3.05, 3.63) is 11.9 Å². The maximum Gasteiger partial charge on any atom is 0.218 e. The molecule has 5 nitrogen and oxygen atoms in total. The minimum absolute atomic E-state index is 0.614. The lowest BCUT2D eigenvalue weighted by Crippen LogP contribution is -2.23. The molecule has 5 heteroatoms. The number of nitrogens with zero attached hydrogens (tertiary/aromatic N) is 3. The van der Waals surface area contributed by atoms with Crippen LogP contribution >= 0.6 is 0 Å². The Bertz CT molecular complexity index is 330. The number of aryl methyl sites for hydroxylation is 1. The largest absolute Gasteiger partial charge is 0.481 e. The lowest BCUT2D eigenvalue weighted by molar-refractivity contribution is 0.395. The van der Waals surface area contributed by atoms with Crippen molar-refractivity contribution < 1.29 is 4.74 Å². The Labute approximate surface area is 96.8 Å². The van der Waals surface area contributed by atoms with Gasteiger partial charge in [-0.3, -0.25) is 0 Å². The zero-order chi connectivity index (χ0) is 12.0. The van der Waals surface area contributed by atoms with Crippen LogP contribution < -0.4 is 15.0 Å². The highest BCUT2D eigenvalue weighted by atomic mass is 16.5. The van der Waals surface area contributed by atoms with Crippen molar-refractivity contribution >= 4 is 5.82 Å². The van der Waals surface area contributed by atoms with Crippen molar-refractivity contribution in [2.24, 2.45) is 0 Å². The van der Waals surface area contributed by atoms with E-state index in [1.807, 2.05) is 27.1 Å². The van der Waals surface area contributed by atoms with Gasteiger partial charge in [-0.05, 0) is 26.9 Å². The summed E-state index contributed by atoms with van der Waals surface area (Å²) < 4.78 is 5.12. The molecule has 0 bridgehead atoms. The summed E-state index contributed by atoms with van der Waals surface area (Å²) in [5.74, 6) is 2.25. The summed E-state index contributed by atoms with van der Waals surface area (Å²) in [6, 6.07) is 1.85. The fourth-order valence-electron chi connectivity index (χ4n) is 1.43. The van der Waals surface area contributed by atoms with Crippen molar-refractivity contribution in [2.45, 2.75) is 13.3 Å². The fourth-order valence-corrected chi connectivity index (χ4v) is 1.43. The molecule has 0 saturated heterocycles. The number of rotatable bonds is 6. The summed E-state index contributed by atoms with van der Waals surface area (Å²) in [6.07, 6.45) is 1.08. The van der Waals surface area contributed by atoms with Crippen LogP contribution in [0.15, 0.2) is 6.07 Å². The molecule has 90 valence electrons. The van der Waals surface area contributed by atoms with E-state index >= 15 is 0 Å². The lowest BCUT2D eigenvalue weighted by Gasteiger charge is -2.18. The summed E-state index contributed by atoms with van der Waals surface area (Å²) in [7, 11) is 5.60. The Morgan fingerprint density at radius 3 is 2.81 bits per heavy atom. The average Bonchev–Trinajstić information content (AvgIpc) is 2.28. The Morgan fingerprint density at radius 2 is 2.19 bits per heavy atom. The molecular formula is C11H20N4O. The molecule has 0 spiro atoms. The normalized spacial score (nSPS) is 10.2. The molecule has 0 aromatic carbocycles. The van der Waals surface area contributed by atoms with Crippen molar-refractivity contribution in [3.63, 3.8) is 0 Å². The summed E-state index contributed by atoms with van der Waals surface area (Å²) in [5, 5.41) is 3.12. The third-order valence-corrected chi connectivity index (χ3v) is 2.32. The third-order valence-electron chi connectivity index (χ3n) is 2.32. The maximum absolute atomic E-state index is 5.12. The number of hydrogen-bond acceptors (Lipinski definition) is 5. The molecule has 0 aliphatic rings. The molecule has 1 aromatic rings. The van der Waals surface area contributed by atoms with E-state index in [1.54, 1.807) is 7.11 Å². The van der Waals surface area contributed by atoms with Crippen molar-refractivity contribution in [3.8, 4) is 5.88 Å². The zero-order valence-corrected chi connectivity index (χ0v) is 10.4. The molecule has 0 fully saturated rings. The first-order chi connectivity index (χ1) is 7.67. The third kappa shape index (κ3) is 3.66. The minimum Gasteiger partial charge on any atom is -0.481 e. The Hall–Kier alpha value is -1.36. The highest BCUT2D eigenvalue weighted by Gasteiger charge is 2.06. The van der Waals surface area contributed by atoms with Crippen LogP contribution in [0.1, 0.15) is 12.2 Å². The molecule has 0 atom stereocenters. The lowest BCUT2D eigenvalue weighted by atomic mass is 10.4. The van der Waals surface area contributed by atoms with E-state index in [2.05, 4.69) is 20.2 Å². The summed E-state index contributed by atoms with van der Waals surface area (Å²) in [4.78, 5) is 10.6. The van der Waals surface area contributed by atoms with Crippen LogP contribution in [0.5, 0.6) is 5.88 Å². The SMILES string of the molecule is CNCCCN(C)c1cc(OC)nc(C)n1. The second-order valence-electron chi connectivity index (χ2n) is 3.69. The molecule has 16 heavy (non-hydrogen) atoms. The molecule has 0 aliphatic carbocycles. The van der Waals surface area contributed by atoms with Crippen LogP contribution in [-0.2, 0) is 0 Å². The van der Waals surface area contributed by atoms with Crippen molar-refractivity contribution in [1.29, 1.82) is 0 Å². The molecule has 1 heterocycles. The zero-order valence-electron chi connectivity index (χ0n) is 10.4. The summed E-state index contributed by atoms with van der Waals surface area (Å²) >= 11 is 0. The molecule has 0 unspecified atom stereocenters. The van der Waals surface area contributed by atoms with E-state index in [4.69, 9.17) is 4.74 Å². The van der Waals surface area contributed by atoms with Gasteiger partial charge in [-0.1, -0.05) is 0 Å². The average molecular weight is 224 g/mol. The van der Waals surface area contributed by atoms with Crippen molar-refractivity contribution in [1.82, 2.24) is 15.3 Å². The van der Waals surface area contributed by atoms with Crippen molar-refractivity contribution in [2.75, 3.05) is 39.2 Å². The Kier molecular flexibility index (Phi) is 4.98. The van der Waals surface area contributed by atoms with Crippen LogP contribution in [0.4, 0.5) is 5.82 Å². The van der Waals surface area contributed by atoms with Crippen LogP contribution in [0, 0.1) is 6.92 Å². The number of ether oxygens (including phenoxy) is 1. The van der Waals surface area contributed by atoms with Crippen LogP contribution in [0.25, 0.3) is 0 Å². The van der Waals surface area contributed by atoms with E-state index < -0.39 is 0 Å². The molecule has 1 N–H and O–H groups in total. The van der Waals surface area contributed by atoms with E-state index in [0.29, 0.717) is 5.88 Å². The second kappa shape index (κ2) is 6.27. The van der Waals surface area contributed by atoms with E-state index in [0.717, 1.165) is 31.2 Å². The summed E-state index contributed by atoms with van der Waals surface area (Å²) in [6.45, 7) is 3.83. The highest BCUT2D eigenvalue weighted by molar-refractivity contribution is 5.40. The van der Waals surface area contributed by atoms with Crippen LogP contribution in [0.2, 0.25) is 0 Å². The predicted molar refractivity (Wildman–Crippen MR) is 65.1 cm³/mol. The number of nitrogens with one attached hydrogen (secondary N) is 1. The van der Waals surface area contributed by atoms with Gasteiger partial charge in [0.05, 0.1) is 7.11 Å². The van der Waals surface area contributed by atoms with E-state index in [-0.39, 0.29) is 0 Å². The van der Waals surface area contributed by atoms with E-state index in [9.17, 15) is 0 Å². The minimum atomic E-state index is 0.614. The smallest absolute Gasteiger partial charge is 0.218 e. The van der Waals surface area contributed by atoms with Gasteiger partial charge in [0, 0.05) is 19.7 Å². The molecule has 0 radical (unpaired) electrons. The molecule has 1 rings (SSSR count). The van der Waals surface area contributed by atoms with Gasteiger partial charge in [-0.15, -0.1) is 0 Å². The van der Waals surface area contributed by atoms with Gasteiger partial charge in [-0.25, -0.2) is 4.98 Å². The first-order valence-electron chi connectivity index (χ1n) is 5.42. The Balaban J connectivity index is 2.66. The monoisotopic (exact) mass is 224 g/mol. The molecule has 1 aromatic heterocycles. The second-order valence-corrected chi connectivity index (χ2v) is 3.69. The van der Waals surface area contributed by atoms with Gasteiger partial charge >= 0.3 is 0 Å². The van der Waals surface area contributed by atoms with Gasteiger partial charge in [0.1, 0.15) is 11.6 Å². The maximum atomic E-state index is 5.12. The van der Waals surface area contributed by atoms with Gasteiger partial charge in [0.2, 0.25) is 5.88 Å². The number of hydrogen-bond donors (Lipinski definition) is 1. The Morgan fingerprint density at radius 1 is 1.44 bits per heavy atom. The first-order valence-corrected chi connectivity index (χ1v) is 5.42. The first kappa shape index (κ1) is 12.7. The number of aromatic nitrogens is 2. The molecule has 0 aliphatic heterocycles. The highest BCUT2D eigenvalue weighted by Crippen LogP contribution is 2.15. The quantitative estimate of drug-likeness (QED) is 0.726. The predicted octanol–water partition coefficient (Wildman–Crippen LogP) is 0.839. The summed E-state index contributed by atoms with van der Waals surface area (Å²) in [5.41, 5.74) is 0. The van der Waals surface area contributed by atoms with Gasteiger partial charge < -0.3 is 15.0 Å². The standard InChI is InChI=1S/C11H20N4O/c1-9-13-10(8-11(14-9)16-4)15(3)7-5-6-12-2/h8,12H,5-7H2,1-4H3. The molecule has 0 saturated carbocycles. The fraction of sp³-hybridized carbons (Fsp3) is 0.636. The van der Waals surface area contributed by atoms with Gasteiger partial charge in [0.15, 0.2) is 0 Å². The van der Waals surface area contributed by atoms with Gasteiger partial charge in [0.25, 0.3) is 0 Å². The van der Waals surface area contributed by atoms with Gasteiger partial charge in [-0.2, -0.15) is 4.98 Å². The van der Waals surface area contributed by atoms with Crippen LogP contribution in [0.3, 0.4) is 0 Å². The van der Waals surface area contributed by atoms with Crippen LogP contribution in [-0.4, -0.2) is 44.3 Å². The topological polar surface area (TPSA) is 50.3 Å². The molecular weight excluding hydrogens is 204 g/mol.